The van der Waals surface area contributed by atoms with Crippen molar-refractivity contribution in [3.05, 3.63) is 66.4 Å². The predicted octanol–water partition coefficient (Wildman–Crippen LogP) is 3.03. The number of para-hydroxylation sites is 1. The van der Waals surface area contributed by atoms with Crippen molar-refractivity contribution < 1.29 is 18.7 Å². The van der Waals surface area contributed by atoms with Gasteiger partial charge >= 0.3 is 0 Å². The van der Waals surface area contributed by atoms with Gasteiger partial charge in [0, 0.05) is 31.4 Å². The van der Waals surface area contributed by atoms with E-state index in [1.165, 1.54) is 16.9 Å². The molecule has 2 aromatic heterocycles. The second-order valence-electron chi connectivity index (χ2n) is 7.60. The molecule has 156 valence electrons. The predicted molar refractivity (Wildman–Crippen MR) is 107 cm³/mol. The molecule has 0 aliphatic carbocycles. The molecule has 4 heterocycles. The monoisotopic (exact) mass is 410 g/mol. The molecule has 0 N–H and O–H groups in total. The van der Waals surface area contributed by atoms with Crippen molar-refractivity contribution in [2.45, 2.75) is 19.1 Å². The summed E-state index contributed by atoms with van der Waals surface area (Å²) in [7, 11) is 0. The van der Waals surface area contributed by atoms with Crippen LogP contribution < -0.4 is 0 Å². The smallest absolute Gasteiger partial charge is 0.259 e. The molecule has 1 atom stereocenters. The Labute approximate surface area is 173 Å². The first-order valence-corrected chi connectivity index (χ1v) is 10.2. The number of carbonyl (C=O) groups excluding carboxylic acids is 1. The third-order valence-corrected chi connectivity index (χ3v) is 5.68. The maximum absolute atomic E-state index is 14.5. The van der Waals surface area contributed by atoms with Crippen LogP contribution in [0.5, 0.6) is 0 Å². The van der Waals surface area contributed by atoms with Gasteiger partial charge in [0.2, 0.25) is 0 Å². The van der Waals surface area contributed by atoms with Gasteiger partial charge in [0.15, 0.2) is 12.1 Å². The van der Waals surface area contributed by atoms with Gasteiger partial charge in [-0.2, -0.15) is 5.10 Å². The molecule has 0 radical (unpaired) electrons. The Morgan fingerprint density at radius 2 is 1.87 bits per heavy atom. The van der Waals surface area contributed by atoms with Crippen molar-refractivity contribution in [2.24, 2.45) is 5.92 Å². The van der Waals surface area contributed by atoms with E-state index in [4.69, 9.17) is 9.47 Å². The molecular weight excluding hydrogens is 387 g/mol. The summed E-state index contributed by atoms with van der Waals surface area (Å²) in [6.07, 6.45) is 6.78. The van der Waals surface area contributed by atoms with Crippen LogP contribution in [0.2, 0.25) is 0 Å². The molecule has 7 nitrogen and oxygen atoms in total. The third kappa shape index (κ3) is 3.42. The van der Waals surface area contributed by atoms with Crippen molar-refractivity contribution in [2.75, 3.05) is 26.3 Å². The summed E-state index contributed by atoms with van der Waals surface area (Å²) in [6, 6.07) is 10.1. The zero-order valence-corrected chi connectivity index (χ0v) is 16.5. The maximum Gasteiger partial charge on any atom is 0.259 e. The molecule has 2 aliphatic heterocycles. The van der Waals surface area contributed by atoms with Crippen molar-refractivity contribution in [1.29, 1.82) is 0 Å². The van der Waals surface area contributed by atoms with Crippen LogP contribution in [0.15, 0.2) is 55.0 Å². The lowest BCUT2D eigenvalue weighted by Gasteiger charge is -2.34. The van der Waals surface area contributed by atoms with Crippen molar-refractivity contribution >= 4 is 5.91 Å². The molecule has 2 aliphatic rings. The average Bonchev–Trinajstić information content (AvgIpc) is 3.55. The van der Waals surface area contributed by atoms with Gasteiger partial charge in [0.05, 0.1) is 19.4 Å². The molecule has 30 heavy (non-hydrogen) atoms. The zero-order valence-electron chi connectivity index (χ0n) is 16.5. The van der Waals surface area contributed by atoms with Gasteiger partial charge in [-0.05, 0) is 37.1 Å². The van der Waals surface area contributed by atoms with E-state index in [-0.39, 0.29) is 18.1 Å². The van der Waals surface area contributed by atoms with Crippen LogP contribution in [-0.2, 0) is 9.47 Å². The molecular formula is C22H23FN4O3. The van der Waals surface area contributed by atoms with Gasteiger partial charge in [-0.3, -0.25) is 4.79 Å². The van der Waals surface area contributed by atoms with Gasteiger partial charge in [-0.15, -0.1) is 0 Å². The largest absolute Gasteiger partial charge is 0.350 e. The quantitative estimate of drug-likeness (QED) is 0.663. The number of benzene rings is 1. The van der Waals surface area contributed by atoms with E-state index in [0.29, 0.717) is 43.4 Å². The minimum atomic E-state index is -0.401. The Kier molecular flexibility index (Phi) is 5.10. The highest BCUT2D eigenvalue weighted by Crippen LogP contribution is 2.28. The van der Waals surface area contributed by atoms with Crippen LogP contribution in [0.25, 0.3) is 11.5 Å². The van der Waals surface area contributed by atoms with Crippen LogP contribution in [0, 0.1) is 11.7 Å². The van der Waals surface area contributed by atoms with Gasteiger partial charge in [0.1, 0.15) is 17.1 Å². The van der Waals surface area contributed by atoms with Crippen molar-refractivity contribution in [3.8, 4) is 11.5 Å². The SMILES string of the molecule is O=C(c1cnn(-c2ccccc2F)c1-n1cccc1)N1CCCC(C2OCCO2)C1. The highest BCUT2D eigenvalue weighted by molar-refractivity contribution is 5.97. The summed E-state index contributed by atoms with van der Waals surface area (Å²) in [6.45, 7) is 2.43. The number of piperidine rings is 1. The molecule has 1 aromatic carbocycles. The van der Waals surface area contributed by atoms with Crippen LogP contribution in [0.4, 0.5) is 4.39 Å². The second-order valence-corrected chi connectivity index (χ2v) is 7.60. The number of carbonyl (C=O) groups is 1. The van der Waals surface area contributed by atoms with Gasteiger partial charge in [-0.1, -0.05) is 12.1 Å². The fourth-order valence-corrected chi connectivity index (χ4v) is 4.25. The number of aromatic nitrogens is 3. The Hall–Kier alpha value is -2.97. The minimum Gasteiger partial charge on any atom is -0.350 e. The first-order chi connectivity index (χ1) is 14.7. The lowest BCUT2D eigenvalue weighted by atomic mass is 9.97. The zero-order chi connectivity index (χ0) is 20.5. The van der Waals surface area contributed by atoms with E-state index >= 15 is 0 Å². The number of likely N-dealkylation sites (tertiary alicyclic amines) is 1. The number of halogens is 1. The number of hydrogen-bond donors (Lipinski definition) is 0. The standard InChI is InChI=1S/C22H23FN4O3/c23-18-7-1-2-8-19(18)27-20(25-9-3-4-10-25)17(14-24-27)21(28)26-11-5-6-16(15-26)22-29-12-13-30-22/h1-4,7-10,14,16,22H,5-6,11-13,15H2. The van der Waals surface area contributed by atoms with E-state index in [2.05, 4.69) is 5.10 Å². The lowest BCUT2D eigenvalue weighted by molar-refractivity contribution is -0.0969. The molecule has 0 spiro atoms. The molecule has 2 saturated heterocycles. The molecule has 2 fully saturated rings. The Morgan fingerprint density at radius 1 is 1.10 bits per heavy atom. The molecule has 0 bridgehead atoms. The van der Waals surface area contributed by atoms with Crippen LogP contribution in [-0.4, -0.2) is 57.7 Å². The third-order valence-electron chi connectivity index (χ3n) is 5.68. The highest BCUT2D eigenvalue weighted by Gasteiger charge is 2.34. The molecule has 5 rings (SSSR count). The number of nitrogens with zero attached hydrogens (tertiary/aromatic N) is 4. The lowest BCUT2D eigenvalue weighted by Crippen LogP contribution is -2.44. The van der Waals surface area contributed by atoms with Crippen LogP contribution in [0.1, 0.15) is 23.2 Å². The topological polar surface area (TPSA) is 61.5 Å². The van der Waals surface area contributed by atoms with Crippen LogP contribution in [0.3, 0.4) is 0 Å². The molecule has 3 aromatic rings. The average molecular weight is 410 g/mol. The normalized spacial score (nSPS) is 20.0. The van der Waals surface area contributed by atoms with E-state index in [1.807, 2.05) is 29.4 Å². The van der Waals surface area contributed by atoms with E-state index in [9.17, 15) is 9.18 Å². The Morgan fingerprint density at radius 3 is 2.63 bits per heavy atom. The Balaban J connectivity index is 1.49. The van der Waals surface area contributed by atoms with E-state index < -0.39 is 5.82 Å². The first-order valence-electron chi connectivity index (χ1n) is 10.2. The molecule has 0 saturated carbocycles. The van der Waals surface area contributed by atoms with E-state index in [1.54, 1.807) is 22.8 Å². The second kappa shape index (κ2) is 8.04. The molecule has 8 heteroatoms. The van der Waals surface area contributed by atoms with Crippen molar-refractivity contribution in [1.82, 2.24) is 19.2 Å². The first kappa shape index (κ1) is 19.0. The fraction of sp³-hybridized carbons (Fsp3) is 0.364. The van der Waals surface area contributed by atoms with Gasteiger partial charge < -0.3 is 18.9 Å². The summed E-state index contributed by atoms with van der Waals surface area (Å²) in [4.78, 5) is 15.3. The highest BCUT2D eigenvalue weighted by atomic mass is 19.1. The van der Waals surface area contributed by atoms with Gasteiger partial charge in [-0.25, -0.2) is 9.07 Å². The fourth-order valence-electron chi connectivity index (χ4n) is 4.25. The number of hydrogen-bond acceptors (Lipinski definition) is 4. The summed E-state index contributed by atoms with van der Waals surface area (Å²) < 4.78 is 29.1. The molecule has 1 amide bonds. The Bertz CT molecular complexity index is 1030. The van der Waals surface area contributed by atoms with Crippen LogP contribution >= 0.6 is 0 Å². The number of amides is 1. The number of ether oxygens (including phenoxy) is 2. The summed E-state index contributed by atoms with van der Waals surface area (Å²) in [5.41, 5.74) is 0.730. The number of rotatable bonds is 4. The van der Waals surface area contributed by atoms with Gasteiger partial charge in [0.25, 0.3) is 5.91 Å². The summed E-state index contributed by atoms with van der Waals surface area (Å²) in [5, 5.41) is 4.37. The van der Waals surface area contributed by atoms with Crippen molar-refractivity contribution in [3.63, 3.8) is 0 Å². The summed E-state index contributed by atoms with van der Waals surface area (Å²) >= 11 is 0. The molecule has 1 unspecified atom stereocenters. The summed E-state index contributed by atoms with van der Waals surface area (Å²) in [5.74, 6) is 0.151. The van der Waals surface area contributed by atoms with E-state index in [0.717, 1.165) is 12.8 Å². The maximum atomic E-state index is 14.5. The minimum absolute atomic E-state index is 0.121.